The fourth-order valence-electron chi connectivity index (χ4n) is 2.30. The van der Waals surface area contributed by atoms with Gasteiger partial charge in [-0.15, -0.1) is 12.4 Å². The maximum atomic E-state index is 12.1. The molecule has 0 unspecified atom stereocenters. The quantitative estimate of drug-likeness (QED) is 0.924. The summed E-state index contributed by atoms with van der Waals surface area (Å²) in [5.74, 6) is 0.288. The Morgan fingerprint density at radius 1 is 1.53 bits per heavy atom. The van der Waals surface area contributed by atoms with Gasteiger partial charge in [-0.25, -0.2) is 0 Å². The van der Waals surface area contributed by atoms with E-state index in [2.05, 4.69) is 37.3 Å². The number of halogens is 1. The third-order valence-corrected chi connectivity index (χ3v) is 3.55. The molecule has 1 aliphatic rings. The molecule has 1 atom stereocenters. The highest BCUT2D eigenvalue weighted by atomic mass is 35.5. The summed E-state index contributed by atoms with van der Waals surface area (Å²) in [6.45, 7) is 7.38. The standard InChI is InChI=1S/C14H23N3O.ClH/c1-14(2,3)13-9-10(17(4)16-13)8-12(18)11-6-5-7-15-11;/h9,11,15H,5-8H2,1-4H3;1H/t11-;/m0./s1. The van der Waals surface area contributed by atoms with E-state index in [9.17, 15) is 4.79 Å². The number of nitrogens with zero attached hydrogens (tertiary/aromatic N) is 2. The second kappa shape index (κ2) is 6.06. The van der Waals surface area contributed by atoms with Gasteiger partial charge >= 0.3 is 0 Å². The van der Waals surface area contributed by atoms with Crippen molar-refractivity contribution in [2.45, 2.75) is 51.5 Å². The molecule has 1 saturated heterocycles. The number of ketones is 1. The average Bonchev–Trinajstić information content (AvgIpc) is 2.87. The van der Waals surface area contributed by atoms with Gasteiger partial charge in [0.15, 0.2) is 5.78 Å². The van der Waals surface area contributed by atoms with Crippen molar-refractivity contribution in [2.24, 2.45) is 7.05 Å². The molecule has 5 heteroatoms. The Labute approximate surface area is 121 Å². The summed E-state index contributed by atoms with van der Waals surface area (Å²) in [5.41, 5.74) is 2.09. The first kappa shape index (κ1) is 16.2. The minimum atomic E-state index is 0. The number of Topliss-reactive ketones (excluding diaryl/α,β-unsaturated/α-hetero) is 1. The first-order valence-electron chi connectivity index (χ1n) is 6.67. The first-order chi connectivity index (χ1) is 8.38. The summed E-state index contributed by atoms with van der Waals surface area (Å²) in [6, 6.07) is 2.12. The van der Waals surface area contributed by atoms with Crippen LogP contribution < -0.4 is 5.32 Å². The van der Waals surface area contributed by atoms with Crippen molar-refractivity contribution in [1.82, 2.24) is 15.1 Å². The second-order valence-electron chi connectivity index (χ2n) is 6.19. The van der Waals surface area contributed by atoms with Crippen LogP contribution >= 0.6 is 12.4 Å². The molecular formula is C14H24ClN3O. The molecule has 1 fully saturated rings. The molecule has 2 heterocycles. The number of carbonyl (C=O) groups is 1. The molecule has 1 aromatic heterocycles. The van der Waals surface area contributed by atoms with Crippen LogP contribution in [0.25, 0.3) is 0 Å². The topological polar surface area (TPSA) is 46.9 Å². The van der Waals surface area contributed by atoms with Gasteiger partial charge in [-0.3, -0.25) is 9.48 Å². The van der Waals surface area contributed by atoms with Gasteiger partial charge in [0.1, 0.15) is 0 Å². The average molecular weight is 286 g/mol. The number of aromatic nitrogens is 2. The zero-order valence-corrected chi connectivity index (χ0v) is 13.0. The summed E-state index contributed by atoms with van der Waals surface area (Å²) in [6.07, 6.45) is 2.56. The number of aryl methyl sites for hydroxylation is 1. The second-order valence-corrected chi connectivity index (χ2v) is 6.19. The lowest BCUT2D eigenvalue weighted by atomic mass is 9.92. The van der Waals surface area contributed by atoms with Gasteiger partial charge in [-0.2, -0.15) is 5.10 Å². The summed E-state index contributed by atoms with van der Waals surface area (Å²) < 4.78 is 1.84. The minimum Gasteiger partial charge on any atom is -0.307 e. The fourth-order valence-corrected chi connectivity index (χ4v) is 2.30. The Balaban J connectivity index is 0.00000180. The Hall–Kier alpha value is -0.870. The fraction of sp³-hybridized carbons (Fsp3) is 0.714. The third kappa shape index (κ3) is 3.80. The monoisotopic (exact) mass is 285 g/mol. The van der Waals surface area contributed by atoms with E-state index >= 15 is 0 Å². The van der Waals surface area contributed by atoms with E-state index in [0.717, 1.165) is 30.8 Å². The highest BCUT2D eigenvalue weighted by Crippen LogP contribution is 2.22. The summed E-state index contributed by atoms with van der Waals surface area (Å²) in [4.78, 5) is 12.1. The maximum Gasteiger partial charge on any atom is 0.155 e. The van der Waals surface area contributed by atoms with E-state index in [1.54, 1.807) is 0 Å². The molecule has 0 bridgehead atoms. The van der Waals surface area contributed by atoms with E-state index in [4.69, 9.17) is 0 Å². The van der Waals surface area contributed by atoms with E-state index in [1.165, 1.54) is 0 Å². The van der Waals surface area contributed by atoms with E-state index in [0.29, 0.717) is 6.42 Å². The molecule has 1 N–H and O–H groups in total. The SMILES string of the molecule is Cl.Cn1nc(C(C)(C)C)cc1CC(=O)[C@@H]1CCCN1. The number of nitrogens with one attached hydrogen (secondary N) is 1. The molecule has 0 saturated carbocycles. The van der Waals surface area contributed by atoms with Crippen LogP contribution in [-0.2, 0) is 23.7 Å². The minimum absolute atomic E-state index is 0. The molecule has 0 radical (unpaired) electrons. The Morgan fingerprint density at radius 2 is 2.21 bits per heavy atom. The van der Waals surface area contributed by atoms with Crippen molar-refractivity contribution in [3.05, 3.63) is 17.5 Å². The number of hydrogen-bond acceptors (Lipinski definition) is 3. The summed E-state index contributed by atoms with van der Waals surface area (Å²) in [7, 11) is 1.92. The van der Waals surface area contributed by atoms with Gasteiger partial charge in [0, 0.05) is 24.6 Å². The number of rotatable bonds is 3. The van der Waals surface area contributed by atoms with Gasteiger partial charge < -0.3 is 5.32 Å². The van der Waals surface area contributed by atoms with Crippen LogP contribution in [0.4, 0.5) is 0 Å². The Bertz CT molecular complexity index is 442. The lowest BCUT2D eigenvalue weighted by Crippen LogP contribution is -2.32. The third-order valence-electron chi connectivity index (χ3n) is 3.55. The van der Waals surface area contributed by atoms with Gasteiger partial charge in [-0.05, 0) is 25.5 Å². The number of hydrogen-bond donors (Lipinski definition) is 1. The Kier molecular flexibility index (Phi) is 5.16. The summed E-state index contributed by atoms with van der Waals surface area (Å²) in [5, 5.41) is 7.76. The molecule has 19 heavy (non-hydrogen) atoms. The first-order valence-corrected chi connectivity index (χ1v) is 6.67. The smallest absolute Gasteiger partial charge is 0.155 e. The molecule has 0 aromatic carbocycles. The van der Waals surface area contributed by atoms with Crippen LogP contribution in [0.15, 0.2) is 6.07 Å². The highest BCUT2D eigenvalue weighted by Gasteiger charge is 2.24. The van der Waals surface area contributed by atoms with E-state index in [1.807, 2.05) is 11.7 Å². The molecule has 0 aliphatic carbocycles. The maximum absolute atomic E-state index is 12.1. The van der Waals surface area contributed by atoms with Crippen LogP contribution in [0, 0.1) is 0 Å². The van der Waals surface area contributed by atoms with Crippen molar-refractivity contribution >= 4 is 18.2 Å². The van der Waals surface area contributed by atoms with Crippen LogP contribution in [0.2, 0.25) is 0 Å². The van der Waals surface area contributed by atoms with Crippen molar-refractivity contribution in [3.63, 3.8) is 0 Å². The molecule has 4 nitrogen and oxygen atoms in total. The van der Waals surface area contributed by atoms with Crippen molar-refractivity contribution in [1.29, 1.82) is 0 Å². The molecule has 1 aliphatic heterocycles. The van der Waals surface area contributed by atoms with Crippen molar-refractivity contribution < 1.29 is 4.79 Å². The van der Waals surface area contributed by atoms with E-state index in [-0.39, 0.29) is 29.6 Å². The normalized spacial score (nSPS) is 19.3. The van der Waals surface area contributed by atoms with Gasteiger partial charge in [-0.1, -0.05) is 20.8 Å². The van der Waals surface area contributed by atoms with Crippen LogP contribution in [0.3, 0.4) is 0 Å². The predicted octanol–water partition coefficient (Wildman–Crippen LogP) is 2.00. The zero-order chi connectivity index (χ0) is 13.3. The molecule has 2 rings (SSSR count). The van der Waals surface area contributed by atoms with Crippen LogP contribution in [-0.4, -0.2) is 28.2 Å². The van der Waals surface area contributed by atoms with Gasteiger partial charge in [0.25, 0.3) is 0 Å². The zero-order valence-electron chi connectivity index (χ0n) is 12.2. The molecule has 1 aromatic rings. The number of carbonyl (C=O) groups excluding carboxylic acids is 1. The largest absolute Gasteiger partial charge is 0.307 e. The summed E-state index contributed by atoms with van der Waals surface area (Å²) >= 11 is 0. The van der Waals surface area contributed by atoms with Crippen LogP contribution in [0.1, 0.15) is 45.0 Å². The van der Waals surface area contributed by atoms with Crippen molar-refractivity contribution in [3.8, 4) is 0 Å². The van der Waals surface area contributed by atoms with Gasteiger partial charge in [0.05, 0.1) is 11.7 Å². The molecule has 108 valence electrons. The lowest BCUT2D eigenvalue weighted by molar-refractivity contribution is -0.120. The molecular weight excluding hydrogens is 262 g/mol. The Morgan fingerprint density at radius 3 is 2.68 bits per heavy atom. The van der Waals surface area contributed by atoms with Crippen LogP contribution in [0.5, 0.6) is 0 Å². The molecule has 0 amide bonds. The van der Waals surface area contributed by atoms with E-state index < -0.39 is 0 Å². The van der Waals surface area contributed by atoms with Gasteiger partial charge in [0.2, 0.25) is 0 Å². The lowest BCUT2D eigenvalue weighted by Gasteiger charge is -2.13. The van der Waals surface area contributed by atoms with Crippen molar-refractivity contribution in [2.75, 3.05) is 6.54 Å². The molecule has 0 spiro atoms. The predicted molar refractivity (Wildman–Crippen MR) is 78.9 cm³/mol. The highest BCUT2D eigenvalue weighted by molar-refractivity contribution is 5.86.